The van der Waals surface area contributed by atoms with Gasteiger partial charge in [-0.15, -0.1) is 0 Å². The monoisotopic (exact) mass is 520 g/mol. The molecule has 3 aromatic rings. The van der Waals surface area contributed by atoms with Gasteiger partial charge in [0, 0.05) is 31.6 Å². The number of amides is 2. The normalized spacial score (nSPS) is 18.2. The number of carbonyl (C=O) groups excluding carboxylic acids is 1. The van der Waals surface area contributed by atoms with E-state index >= 15 is 0 Å². The molecule has 2 atom stereocenters. The minimum absolute atomic E-state index is 0.0216. The largest absolute Gasteiger partial charge is 0.493 e. The van der Waals surface area contributed by atoms with Crippen LogP contribution in [0.3, 0.4) is 0 Å². The van der Waals surface area contributed by atoms with Crippen molar-refractivity contribution in [2.24, 2.45) is 5.92 Å². The van der Waals surface area contributed by atoms with E-state index in [0.717, 1.165) is 11.1 Å². The second-order valence-electron chi connectivity index (χ2n) is 9.44. The SMILES string of the molecule is O=C(NCCc1ccccc1)c1cc([C@@H]2CCN(C(=O)O)C[C@H]2COc2ccc3c(c2)OCO3)ccc1F. The Balaban J connectivity index is 1.29. The third-order valence-corrected chi connectivity index (χ3v) is 7.02. The lowest BCUT2D eigenvalue weighted by atomic mass is 9.80. The first-order chi connectivity index (χ1) is 18.5. The number of hydrogen-bond donors (Lipinski definition) is 2. The van der Waals surface area contributed by atoms with Gasteiger partial charge in [0.25, 0.3) is 5.91 Å². The van der Waals surface area contributed by atoms with E-state index in [1.807, 2.05) is 30.3 Å². The van der Waals surface area contributed by atoms with Gasteiger partial charge >= 0.3 is 6.09 Å². The molecular formula is C29H29FN2O6. The average Bonchev–Trinajstić information content (AvgIpc) is 3.40. The highest BCUT2D eigenvalue weighted by Crippen LogP contribution is 2.37. The molecule has 2 aliphatic heterocycles. The molecule has 5 rings (SSSR count). The quantitative estimate of drug-likeness (QED) is 0.447. The second-order valence-corrected chi connectivity index (χ2v) is 9.44. The highest BCUT2D eigenvalue weighted by Gasteiger charge is 2.34. The fourth-order valence-corrected chi connectivity index (χ4v) is 4.99. The minimum Gasteiger partial charge on any atom is -0.493 e. The van der Waals surface area contributed by atoms with Gasteiger partial charge in [0.2, 0.25) is 6.79 Å². The van der Waals surface area contributed by atoms with Crippen molar-refractivity contribution < 1.29 is 33.3 Å². The van der Waals surface area contributed by atoms with Crippen LogP contribution in [0.5, 0.6) is 17.2 Å². The summed E-state index contributed by atoms with van der Waals surface area (Å²) >= 11 is 0. The first-order valence-corrected chi connectivity index (χ1v) is 12.6. The van der Waals surface area contributed by atoms with Crippen LogP contribution in [0, 0.1) is 11.7 Å². The number of likely N-dealkylation sites (tertiary alicyclic amines) is 1. The first-order valence-electron chi connectivity index (χ1n) is 12.6. The van der Waals surface area contributed by atoms with Crippen LogP contribution < -0.4 is 19.5 Å². The summed E-state index contributed by atoms with van der Waals surface area (Å²) in [4.78, 5) is 25.9. The molecule has 2 heterocycles. The van der Waals surface area contributed by atoms with Crippen LogP contribution in [0.2, 0.25) is 0 Å². The van der Waals surface area contributed by atoms with E-state index in [9.17, 15) is 19.1 Å². The predicted molar refractivity (Wildman–Crippen MR) is 137 cm³/mol. The summed E-state index contributed by atoms with van der Waals surface area (Å²) in [6.45, 7) is 1.39. The van der Waals surface area contributed by atoms with E-state index in [4.69, 9.17) is 14.2 Å². The summed E-state index contributed by atoms with van der Waals surface area (Å²) in [6.07, 6.45) is 0.178. The molecule has 1 fully saturated rings. The van der Waals surface area contributed by atoms with E-state index in [-0.39, 0.29) is 37.3 Å². The zero-order chi connectivity index (χ0) is 26.5. The van der Waals surface area contributed by atoms with Crippen LogP contribution >= 0.6 is 0 Å². The lowest BCUT2D eigenvalue weighted by Gasteiger charge is -2.37. The Hall–Kier alpha value is -4.27. The van der Waals surface area contributed by atoms with Gasteiger partial charge in [0.1, 0.15) is 11.6 Å². The predicted octanol–water partition coefficient (Wildman–Crippen LogP) is 4.69. The minimum atomic E-state index is -0.992. The molecule has 0 saturated carbocycles. The van der Waals surface area contributed by atoms with E-state index in [1.54, 1.807) is 30.3 Å². The molecular weight excluding hydrogens is 491 g/mol. The number of rotatable bonds is 8. The van der Waals surface area contributed by atoms with Crippen LogP contribution in [-0.4, -0.2) is 55.0 Å². The molecule has 2 N–H and O–H groups in total. The van der Waals surface area contributed by atoms with Crippen LogP contribution in [-0.2, 0) is 6.42 Å². The molecule has 2 aliphatic rings. The average molecular weight is 521 g/mol. The van der Waals surface area contributed by atoms with Crippen molar-refractivity contribution in [2.75, 3.05) is 33.0 Å². The summed E-state index contributed by atoms with van der Waals surface area (Å²) < 4.78 is 31.5. The zero-order valence-electron chi connectivity index (χ0n) is 20.8. The highest BCUT2D eigenvalue weighted by molar-refractivity contribution is 5.94. The topological polar surface area (TPSA) is 97.3 Å². The number of fused-ring (bicyclic) bond motifs is 1. The van der Waals surface area contributed by atoms with Crippen molar-refractivity contribution in [1.29, 1.82) is 0 Å². The number of carbonyl (C=O) groups is 2. The molecule has 2 amide bonds. The zero-order valence-corrected chi connectivity index (χ0v) is 20.8. The van der Waals surface area contributed by atoms with E-state index in [1.165, 1.54) is 11.0 Å². The molecule has 0 unspecified atom stereocenters. The molecule has 38 heavy (non-hydrogen) atoms. The number of halogens is 1. The number of nitrogens with zero attached hydrogens (tertiary/aromatic N) is 1. The molecule has 9 heteroatoms. The van der Waals surface area contributed by atoms with Gasteiger partial charge < -0.3 is 29.5 Å². The van der Waals surface area contributed by atoms with Crippen molar-refractivity contribution in [3.63, 3.8) is 0 Å². The van der Waals surface area contributed by atoms with Crippen LogP contribution in [0.4, 0.5) is 9.18 Å². The maximum Gasteiger partial charge on any atom is 0.407 e. The lowest BCUT2D eigenvalue weighted by Crippen LogP contribution is -2.44. The van der Waals surface area contributed by atoms with Gasteiger partial charge in [-0.1, -0.05) is 36.4 Å². The highest BCUT2D eigenvalue weighted by atomic mass is 19.1. The molecule has 0 bridgehead atoms. The van der Waals surface area contributed by atoms with Gasteiger partial charge in [-0.3, -0.25) is 4.79 Å². The molecule has 0 aliphatic carbocycles. The van der Waals surface area contributed by atoms with Gasteiger partial charge in [0.15, 0.2) is 11.5 Å². The third-order valence-electron chi connectivity index (χ3n) is 7.02. The Kier molecular flexibility index (Phi) is 7.62. The Morgan fingerprint density at radius 1 is 1.05 bits per heavy atom. The lowest BCUT2D eigenvalue weighted by molar-refractivity contribution is 0.0937. The van der Waals surface area contributed by atoms with Gasteiger partial charge in [-0.25, -0.2) is 9.18 Å². The van der Waals surface area contributed by atoms with Crippen molar-refractivity contribution in [3.05, 3.63) is 89.2 Å². The van der Waals surface area contributed by atoms with Gasteiger partial charge in [0.05, 0.1) is 12.2 Å². The van der Waals surface area contributed by atoms with Gasteiger partial charge in [-0.2, -0.15) is 0 Å². The molecule has 0 aromatic heterocycles. The van der Waals surface area contributed by atoms with Crippen LogP contribution in [0.1, 0.15) is 33.8 Å². The summed E-state index contributed by atoms with van der Waals surface area (Å²) in [7, 11) is 0. The van der Waals surface area contributed by atoms with Crippen LogP contribution in [0.15, 0.2) is 66.7 Å². The van der Waals surface area contributed by atoms with Gasteiger partial charge in [-0.05, 0) is 54.2 Å². The molecule has 3 aromatic carbocycles. The summed E-state index contributed by atoms with van der Waals surface area (Å²) in [5.74, 6) is 0.430. The number of nitrogens with one attached hydrogen (secondary N) is 1. The van der Waals surface area contributed by atoms with E-state index in [0.29, 0.717) is 43.2 Å². The van der Waals surface area contributed by atoms with Crippen molar-refractivity contribution in [3.8, 4) is 17.2 Å². The Labute approximate surface area is 219 Å². The Morgan fingerprint density at radius 2 is 1.87 bits per heavy atom. The molecule has 1 saturated heterocycles. The molecule has 198 valence electrons. The number of piperidine rings is 1. The molecule has 0 radical (unpaired) electrons. The maximum absolute atomic E-state index is 14.7. The molecule has 8 nitrogen and oxygen atoms in total. The van der Waals surface area contributed by atoms with Crippen molar-refractivity contribution in [1.82, 2.24) is 10.2 Å². The summed E-state index contributed by atoms with van der Waals surface area (Å²) in [5, 5.41) is 12.4. The Bertz CT molecular complexity index is 1300. The number of hydrogen-bond acceptors (Lipinski definition) is 5. The Morgan fingerprint density at radius 3 is 2.68 bits per heavy atom. The number of benzene rings is 3. The van der Waals surface area contributed by atoms with Crippen LogP contribution in [0.25, 0.3) is 0 Å². The summed E-state index contributed by atoms with van der Waals surface area (Å²) in [6, 6.07) is 19.6. The smallest absolute Gasteiger partial charge is 0.407 e. The fourth-order valence-electron chi connectivity index (χ4n) is 4.99. The maximum atomic E-state index is 14.7. The van der Waals surface area contributed by atoms with Crippen molar-refractivity contribution in [2.45, 2.75) is 18.8 Å². The summed E-state index contributed by atoms with van der Waals surface area (Å²) in [5.41, 5.74) is 1.84. The molecule has 0 spiro atoms. The first kappa shape index (κ1) is 25.4. The number of carboxylic acid groups (broad SMARTS) is 1. The van der Waals surface area contributed by atoms with E-state index < -0.39 is 17.8 Å². The third kappa shape index (κ3) is 5.82. The number of ether oxygens (including phenoxy) is 3. The fraction of sp³-hybridized carbons (Fsp3) is 0.310. The van der Waals surface area contributed by atoms with Crippen molar-refractivity contribution >= 4 is 12.0 Å². The standard InChI is InChI=1S/C29H29FN2O6/c30-25-8-6-20(14-24(25)28(33)31-12-10-19-4-2-1-3-5-19)23-11-13-32(29(34)35)16-21(23)17-36-22-7-9-26-27(15-22)38-18-37-26/h1-9,14-15,21,23H,10-13,16-18H2,(H,31,33)(H,34,35)/t21-,23-/m0/s1. The second kappa shape index (κ2) is 11.4. The van der Waals surface area contributed by atoms with E-state index in [2.05, 4.69) is 5.32 Å².